The number of hydrogen-bond acceptors (Lipinski definition) is 4. The van der Waals surface area contributed by atoms with Gasteiger partial charge in [-0.25, -0.2) is 8.42 Å². The Morgan fingerprint density at radius 1 is 1.26 bits per heavy atom. The van der Waals surface area contributed by atoms with Gasteiger partial charge in [0.15, 0.2) is 9.84 Å². The normalized spacial score (nSPS) is 16.0. The summed E-state index contributed by atoms with van der Waals surface area (Å²) in [5.74, 6) is -0.00455. The Labute approximate surface area is 144 Å². The van der Waals surface area contributed by atoms with Crippen molar-refractivity contribution >= 4 is 38.7 Å². The molecule has 0 bridgehead atoms. The van der Waals surface area contributed by atoms with Gasteiger partial charge in [-0.1, -0.05) is 17.7 Å². The molecule has 0 radical (unpaired) electrons. The zero-order chi connectivity index (χ0) is 16.4. The Morgan fingerprint density at radius 2 is 1.96 bits per heavy atom. The summed E-state index contributed by atoms with van der Waals surface area (Å²) < 4.78 is 25.9. The molecule has 1 fully saturated rings. The Morgan fingerprint density at radius 3 is 2.52 bits per heavy atom. The van der Waals surface area contributed by atoms with E-state index in [1.807, 2.05) is 11.4 Å². The molecule has 3 rings (SSSR count). The molecule has 0 aliphatic heterocycles. The van der Waals surface area contributed by atoms with E-state index in [1.165, 1.54) is 23.5 Å². The number of hydrogen-bond donors (Lipinski definition) is 1. The Bertz CT molecular complexity index is 781. The molecule has 2 aromatic rings. The van der Waals surface area contributed by atoms with Crippen molar-refractivity contribution in [3.63, 3.8) is 0 Å². The first-order chi connectivity index (χ1) is 11.0. The van der Waals surface area contributed by atoms with Crippen LogP contribution in [0.1, 0.15) is 23.0 Å². The highest BCUT2D eigenvalue weighted by molar-refractivity contribution is 7.91. The molecule has 1 amide bonds. The van der Waals surface area contributed by atoms with Crippen LogP contribution in [0.25, 0.3) is 0 Å². The molecule has 1 aliphatic rings. The fourth-order valence-electron chi connectivity index (χ4n) is 2.31. The standard InChI is InChI=1S/C16H16ClNO3S2/c17-12-5-7-13(8-6-12)23(20,21)15(14-2-1-9-22-14)10-18-16(19)11-3-4-11/h1-2,5-9,11,15H,3-4,10H2,(H,18,19)/t15-/m1/s1. The number of carbonyl (C=O) groups excluding carboxylic acids is 1. The first kappa shape index (κ1) is 16.5. The summed E-state index contributed by atoms with van der Waals surface area (Å²) in [5, 5.41) is 4.32. The second kappa shape index (κ2) is 6.63. The van der Waals surface area contributed by atoms with Crippen LogP contribution in [0, 0.1) is 5.92 Å². The molecule has 0 unspecified atom stereocenters. The highest BCUT2D eigenvalue weighted by Crippen LogP contribution is 2.33. The third kappa shape index (κ3) is 3.76. The fraction of sp³-hybridized carbons (Fsp3) is 0.312. The van der Waals surface area contributed by atoms with Crippen LogP contribution in [0.4, 0.5) is 0 Å². The first-order valence-corrected chi connectivity index (χ1v) is 10.1. The molecule has 0 spiro atoms. The van der Waals surface area contributed by atoms with E-state index >= 15 is 0 Å². The molecule has 1 aliphatic carbocycles. The molecule has 1 N–H and O–H groups in total. The van der Waals surface area contributed by atoms with Gasteiger partial charge in [0.25, 0.3) is 0 Å². The maximum absolute atomic E-state index is 13.0. The number of rotatable bonds is 6. The number of halogens is 1. The van der Waals surface area contributed by atoms with Crippen LogP contribution >= 0.6 is 22.9 Å². The van der Waals surface area contributed by atoms with Crippen molar-refractivity contribution < 1.29 is 13.2 Å². The summed E-state index contributed by atoms with van der Waals surface area (Å²) in [6.07, 6.45) is 1.78. The van der Waals surface area contributed by atoms with Crippen molar-refractivity contribution in [2.75, 3.05) is 6.54 Å². The van der Waals surface area contributed by atoms with Crippen LogP contribution in [0.5, 0.6) is 0 Å². The lowest BCUT2D eigenvalue weighted by atomic mass is 10.3. The second-order valence-corrected chi connectivity index (χ2v) is 9.07. The van der Waals surface area contributed by atoms with Gasteiger partial charge in [0, 0.05) is 22.4 Å². The first-order valence-electron chi connectivity index (χ1n) is 7.29. The summed E-state index contributed by atoms with van der Waals surface area (Å²) >= 11 is 7.21. The van der Waals surface area contributed by atoms with Crippen LogP contribution in [0.2, 0.25) is 5.02 Å². The Hall–Kier alpha value is -1.37. The highest BCUT2D eigenvalue weighted by atomic mass is 35.5. The van der Waals surface area contributed by atoms with Crippen molar-refractivity contribution in [1.82, 2.24) is 5.32 Å². The molecule has 1 aromatic carbocycles. The summed E-state index contributed by atoms with van der Waals surface area (Å²) in [5.41, 5.74) is 0. The minimum absolute atomic E-state index is 0.0530. The van der Waals surface area contributed by atoms with Gasteiger partial charge >= 0.3 is 0 Å². The van der Waals surface area contributed by atoms with E-state index < -0.39 is 15.1 Å². The average Bonchev–Trinajstić information content (AvgIpc) is 3.24. The van der Waals surface area contributed by atoms with Crippen LogP contribution in [-0.4, -0.2) is 20.9 Å². The summed E-state index contributed by atoms with van der Waals surface area (Å²) in [4.78, 5) is 12.8. The monoisotopic (exact) mass is 369 g/mol. The number of thiophene rings is 1. The lowest BCUT2D eigenvalue weighted by Gasteiger charge is -2.17. The zero-order valence-electron chi connectivity index (χ0n) is 12.2. The number of carbonyl (C=O) groups is 1. The van der Waals surface area contributed by atoms with Gasteiger partial charge < -0.3 is 5.32 Å². The molecule has 122 valence electrons. The van der Waals surface area contributed by atoms with E-state index in [-0.39, 0.29) is 23.3 Å². The van der Waals surface area contributed by atoms with Crippen molar-refractivity contribution in [2.24, 2.45) is 5.92 Å². The SMILES string of the molecule is O=C(NC[C@H](c1cccs1)S(=O)(=O)c1ccc(Cl)cc1)C1CC1. The van der Waals surface area contributed by atoms with E-state index in [0.717, 1.165) is 17.7 Å². The summed E-state index contributed by atoms with van der Waals surface area (Å²) in [7, 11) is -3.60. The molecular weight excluding hydrogens is 354 g/mol. The van der Waals surface area contributed by atoms with Crippen molar-refractivity contribution in [3.8, 4) is 0 Å². The van der Waals surface area contributed by atoms with Crippen LogP contribution in [0.3, 0.4) is 0 Å². The molecule has 1 aromatic heterocycles. The van der Waals surface area contributed by atoms with E-state index in [9.17, 15) is 13.2 Å². The van der Waals surface area contributed by atoms with Gasteiger partial charge in [0.1, 0.15) is 5.25 Å². The van der Waals surface area contributed by atoms with Gasteiger partial charge in [-0.15, -0.1) is 11.3 Å². The molecule has 1 atom stereocenters. The Balaban J connectivity index is 1.87. The zero-order valence-corrected chi connectivity index (χ0v) is 14.6. The van der Waals surface area contributed by atoms with E-state index in [2.05, 4.69) is 5.32 Å². The number of amides is 1. The maximum atomic E-state index is 13.0. The van der Waals surface area contributed by atoms with Gasteiger partial charge in [-0.05, 0) is 48.6 Å². The van der Waals surface area contributed by atoms with E-state index in [1.54, 1.807) is 18.2 Å². The quantitative estimate of drug-likeness (QED) is 0.848. The maximum Gasteiger partial charge on any atom is 0.223 e. The minimum atomic E-state index is -3.60. The van der Waals surface area contributed by atoms with Crippen LogP contribution in [-0.2, 0) is 14.6 Å². The molecule has 23 heavy (non-hydrogen) atoms. The number of sulfone groups is 1. The molecule has 1 heterocycles. The largest absolute Gasteiger partial charge is 0.354 e. The predicted octanol–water partition coefficient (Wildman–Crippen LogP) is 3.44. The predicted molar refractivity (Wildman–Crippen MR) is 91.4 cm³/mol. The van der Waals surface area contributed by atoms with Crippen LogP contribution in [0.15, 0.2) is 46.7 Å². The molecule has 0 saturated heterocycles. The van der Waals surface area contributed by atoms with Gasteiger partial charge in [-0.2, -0.15) is 0 Å². The van der Waals surface area contributed by atoms with Gasteiger partial charge in [0.05, 0.1) is 4.90 Å². The number of benzene rings is 1. The molecular formula is C16H16ClNO3S2. The van der Waals surface area contributed by atoms with Crippen molar-refractivity contribution in [1.29, 1.82) is 0 Å². The fourth-order valence-corrected chi connectivity index (χ4v) is 5.22. The number of nitrogens with one attached hydrogen (secondary N) is 1. The molecule has 7 heteroatoms. The lowest BCUT2D eigenvalue weighted by Crippen LogP contribution is -2.32. The van der Waals surface area contributed by atoms with Crippen LogP contribution < -0.4 is 5.32 Å². The second-order valence-electron chi connectivity index (χ2n) is 5.52. The lowest BCUT2D eigenvalue weighted by molar-refractivity contribution is -0.122. The molecule has 4 nitrogen and oxygen atoms in total. The van der Waals surface area contributed by atoms with Crippen molar-refractivity contribution in [3.05, 3.63) is 51.7 Å². The minimum Gasteiger partial charge on any atom is -0.354 e. The summed E-state index contributed by atoms with van der Waals surface area (Å²) in [6.45, 7) is 0.0841. The van der Waals surface area contributed by atoms with Gasteiger partial charge in [0.2, 0.25) is 5.91 Å². The van der Waals surface area contributed by atoms with E-state index in [0.29, 0.717) is 5.02 Å². The molecule has 1 saturated carbocycles. The summed E-state index contributed by atoms with van der Waals surface area (Å²) in [6, 6.07) is 9.71. The highest BCUT2D eigenvalue weighted by Gasteiger charge is 2.33. The van der Waals surface area contributed by atoms with Crippen molar-refractivity contribution in [2.45, 2.75) is 23.0 Å². The average molecular weight is 370 g/mol. The van der Waals surface area contributed by atoms with E-state index in [4.69, 9.17) is 11.6 Å². The topological polar surface area (TPSA) is 63.2 Å². The third-order valence-electron chi connectivity index (χ3n) is 3.79. The third-order valence-corrected chi connectivity index (χ3v) is 7.27. The smallest absolute Gasteiger partial charge is 0.223 e. The van der Waals surface area contributed by atoms with Gasteiger partial charge in [-0.3, -0.25) is 4.79 Å². The Kier molecular flexibility index (Phi) is 4.75.